The minimum atomic E-state index is 0.182. The Balaban J connectivity index is 1.87. The molecule has 19 heavy (non-hydrogen) atoms. The van der Waals surface area contributed by atoms with Gasteiger partial charge in [-0.3, -0.25) is 4.90 Å². The lowest BCUT2D eigenvalue weighted by molar-refractivity contribution is 0.0685. The van der Waals surface area contributed by atoms with Crippen LogP contribution in [0.1, 0.15) is 37.8 Å². The van der Waals surface area contributed by atoms with Crippen molar-refractivity contribution in [1.82, 2.24) is 4.90 Å². The number of aromatic hydroxyl groups is 1. The Morgan fingerprint density at radius 3 is 3.05 bits per heavy atom. The summed E-state index contributed by atoms with van der Waals surface area (Å²) in [4.78, 5) is 2.50. The second kappa shape index (κ2) is 5.02. The number of hydrogen-bond acceptors (Lipinski definition) is 4. The second-order valence-electron chi connectivity index (χ2n) is 5.71. The Morgan fingerprint density at radius 2 is 2.26 bits per heavy atom. The molecule has 0 aliphatic carbocycles. The summed E-state index contributed by atoms with van der Waals surface area (Å²) in [5.74, 6) is 1.08. The fourth-order valence-electron chi connectivity index (χ4n) is 3.39. The summed E-state index contributed by atoms with van der Waals surface area (Å²) in [5.41, 5.74) is 7.33. The first-order valence-electron chi connectivity index (χ1n) is 7.14. The van der Waals surface area contributed by atoms with E-state index in [1.807, 2.05) is 6.07 Å². The van der Waals surface area contributed by atoms with Crippen LogP contribution in [0.3, 0.4) is 0 Å². The average molecular weight is 262 g/mol. The Bertz CT molecular complexity index is 461. The summed E-state index contributed by atoms with van der Waals surface area (Å²) in [6.07, 6.45) is 3.66. The molecular formula is C15H22N2O2. The Hall–Kier alpha value is -1.26. The summed E-state index contributed by atoms with van der Waals surface area (Å²) in [6.45, 7) is 3.85. The predicted octanol–water partition coefficient (Wildman–Crippen LogP) is 2.03. The van der Waals surface area contributed by atoms with Crippen LogP contribution >= 0.6 is 0 Å². The van der Waals surface area contributed by atoms with Gasteiger partial charge in [-0.1, -0.05) is 6.42 Å². The number of nitrogens with zero attached hydrogens (tertiary/aromatic N) is 1. The molecule has 1 aromatic carbocycles. The summed E-state index contributed by atoms with van der Waals surface area (Å²) in [6, 6.07) is 6.33. The molecule has 0 radical (unpaired) electrons. The zero-order valence-corrected chi connectivity index (χ0v) is 11.4. The number of fused-ring (bicyclic) bond motifs is 1. The van der Waals surface area contributed by atoms with Gasteiger partial charge in [0.05, 0.1) is 6.04 Å². The Kier molecular flexibility index (Phi) is 3.37. The SMILES string of the molecule is CC(N)C1CCCCN1C1COc2cc(O)ccc21. The van der Waals surface area contributed by atoms with Gasteiger partial charge in [0, 0.05) is 23.7 Å². The molecule has 3 atom stereocenters. The number of phenolic OH excluding ortho intramolecular Hbond substituents is 1. The maximum Gasteiger partial charge on any atom is 0.127 e. The highest BCUT2D eigenvalue weighted by Crippen LogP contribution is 2.40. The first-order chi connectivity index (χ1) is 9.16. The van der Waals surface area contributed by atoms with Gasteiger partial charge in [-0.2, -0.15) is 0 Å². The van der Waals surface area contributed by atoms with Crippen molar-refractivity contribution in [2.75, 3.05) is 13.2 Å². The molecule has 3 unspecified atom stereocenters. The highest BCUT2D eigenvalue weighted by atomic mass is 16.5. The first kappa shape index (κ1) is 12.8. The summed E-state index contributed by atoms with van der Waals surface area (Å²) < 4.78 is 5.73. The largest absolute Gasteiger partial charge is 0.508 e. The van der Waals surface area contributed by atoms with E-state index in [-0.39, 0.29) is 17.8 Å². The fourth-order valence-corrected chi connectivity index (χ4v) is 3.39. The molecule has 0 saturated carbocycles. The van der Waals surface area contributed by atoms with E-state index in [1.165, 1.54) is 24.8 Å². The van der Waals surface area contributed by atoms with E-state index in [9.17, 15) is 5.11 Å². The van der Waals surface area contributed by atoms with E-state index in [1.54, 1.807) is 12.1 Å². The van der Waals surface area contributed by atoms with Crippen molar-refractivity contribution < 1.29 is 9.84 Å². The Labute approximate surface area is 114 Å². The first-order valence-corrected chi connectivity index (χ1v) is 7.14. The molecule has 2 aliphatic heterocycles. The quantitative estimate of drug-likeness (QED) is 0.856. The lowest BCUT2D eigenvalue weighted by Crippen LogP contribution is -2.50. The maximum absolute atomic E-state index is 9.52. The monoisotopic (exact) mass is 262 g/mol. The number of likely N-dealkylation sites (tertiary alicyclic amines) is 1. The lowest BCUT2D eigenvalue weighted by Gasteiger charge is -2.41. The van der Waals surface area contributed by atoms with Gasteiger partial charge in [-0.15, -0.1) is 0 Å². The number of piperidine rings is 1. The maximum atomic E-state index is 9.52. The van der Waals surface area contributed by atoms with Crippen molar-refractivity contribution in [3.05, 3.63) is 23.8 Å². The zero-order chi connectivity index (χ0) is 13.4. The third kappa shape index (κ3) is 2.30. The van der Waals surface area contributed by atoms with Gasteiger partial charge < -0.3 is 15.6 Å². The van der Waals surface area contributed by atoms with Crippen molar-refractivity contribution in [3.8, 4) is 11.5 Å². The Morgan fingerprint density at radius 1 is 1.42 bits per heavy atom. The zero-order valence-electron chi connectivity index (χ0n) is 11.4. The topological polar surface area (TPSA) is 58.7 Å². The van der Waals surface area contributed by atoms with Crippen molar-refractivity contribution in [2.24, 2.45) is 5.73 Å². The van der Waals surface area contributed by atoms with E-state index in [2.05, 4.69) is 11.8 Å². The van der Waals surface area contributed by atoms with E-state index < -0.39 is 0 Å². The summed E-state index contributed by atoms with van der Waals surface area (Å²) in [7, 11) is 0. The number of hydrogen-bond donors (Lipinski definition) is 2. The van der Waals surface area contributed by atoms with Gasteiger partial charge in [0.1, 0.15) is 18.1 Å². The normalized spacial score (nSPS) is 28.7. The van der Waals surface area contributed by atoms with E-state index >= 15 is 0 Å². The summed E-state index contributed by atoms with van der Waals surface area (Å²) >= 11 is 0. The molecule has 4 nitrogen and oxygen atoms in total. The van der Waals surface area contributed by atoms with Gasteiger partial charge in [-0.25, -0.2) is 0 Å². The number of nitrogens with two attached hydrogens (primary N) is 1. The van der Waals surface area contributed by atoms with Crippen LogP contribution in [-0.4, -0.2) is 35.2 Å². The third-order valence-corrected chi connectivity index (χ3v) is 4.35. The van der Waals surface area contributed by atoms with Crippen LogP contribution in [0.25, 0.3) is 0 Å². The molecule has 3 N–H and O–H groups in total. The molecule has 104 valence electrons. The minimum Gasteiger partial charge on any atom is -0.508 e. The highest BCUT2D eigenvalue weighted by molar-refractivity contribution is 5.44. The van der Waals surface area contributed by atoms with Crippen LogP contribution in [-0.2, 0) is 0 Å². The lowest BCUT2D eigenvalue weighted by atomic mass is 9.93. The van der Waals surface area contributed by atoms with Crippen LogP contribution in [0.2, 0.25) is 0 Å². The van der Waals surface area contributed by atoms with Crippen LogP contribution in [0, 0.1) is 0 Å². The number of ether oxygens (including phenoxy) is 1. The van der Waals surface area contributed by atoms with E-state index in [0.29, 0.717) is 12.6 Å². The van der Waals surface area contributed by atoms with Gasteiger partial charge >= 0.3 is 0 Å². The molecule has 3 rings (SSSR count). The molecule has 0 spiro atoms. The predicted molar refractivity (Wildman–Crippen MR) is 74.3 cm³/mol. The van der Waals surface area contributed by atoms with Crippen molar-refractivity contribution in [3.63, 3.8) is 0 Å². The third-order valence-electron chi connectivity index (χ3n) is 4.35. The summed E-state index contributed by atoms with van der Waals surface area (Å²) in [5, 5.41) is 9.52. The van der Waals surface area contributed by atoms with E-state index in [0.717, 1.165) is 12.3 Å². The molecule has 2 heterocycles. The molecule has 0 bridgehead atoms. The smallest absolute Gasteiger partial charge is 0.127 e. The average Bonchev–Trinajstić information content (AvgIpc) is 2.81. The minimum absolute atomic E-state index is 0.182. The fraction of sp³-hybridized carbons (Fsp3) is 0.600. The van der Waals surface area contributed by atoms with Crippen LogP contribution in [0.5, 0.6) is 11.5 Å². The molecule has 0 amide bonds. The standard InChI is InChI=1S/C15H22N2O2/c1-10(16)13-4-2-3-7-17(13)14-9-19-15-8-11(18)5-6-12(14)15/h5-6,8,10,13-14,18H,2-4,7,9,16H2,1H3. The van der Waals surface area contributed by atoms with Crippen molar-refractivity contribution in [2.45, 2.75) is 44.3 Å². The van der Waals surface area contributed by atoms with Gasteiger partial charge in [-0.05, 0) is 38.4 Å². The van der Waals surface area contributed by atoms with Crippen molar-refractivity contribution >= 4 is 0 Å². The number of rotatable bonds is 2. The van der Waals surface area contributed by atoms with Crippen LogP contribution < -0.4 is 10.5 Å². The molecule has 0 aromatic heterocycles. The van der Waals surface area contributed by atoms with E-state index in [4.69, 9.17) is 10.5 Å². The molecule has 1 aromatic rings. The molecule has 1 saturated heterocycles. The number of phenols is 1. The van der Waals surface area contributed by atoms with Gasteiger partial charge in [0.15, 0.2) is 0 Å². The molecule has 4 heteroatoms. The van der Waals surface area contributed by atoms with Crippen molar-refractivity contribution in [1.29, 1.82) is 0 Å². The highest BCUT2D eigenvalue weighted by Gasteiger charge is 2.36. The van der Waals surface area contributed by atoms with Gasteiger partial charge in [0.2, 0.25) is 0 Å². The molecule has 1 fully saturated rings. The molecular weight excluding hydrogens is 240 g/mol. The molecule has 2 aliphatic rings. The van der Waals surface area contributed by atoms with Crippen LogP contribution in [0.4, 0.5) is 0 Å². The second-order valence-corrected chi connectivity index (χ2v) is 5.71. The van der Waals surface area contributed by atoms with Crippen LogP contribution in [0.15, 0.2) is 18.2 Å². The van der Waals surface area contributed by atoms with Gasteiger partial charge in [0.25, 0.3) is 0 Å². The number of benzene rings is 1.